The average Bonchev–Trinajstić information content (AvgIpc) is 2.35. The highest BCUT2D eigenvalue weighted by Gasteiger charge is 2.27. The van der Waals surface area contributed by atoms with Crippen LogP contribution in [-0.4, -0.2) is 25.0 Å². The number of benzene rings is 1. The molecule has 0 spiro atoms. The van der Waals surface area contributed by atoms with Gasteiger partial charge in [-0.3, -0.25) is 4.79 Å². The Kier molecular flexibility index (Phi) is 9.78. The van der Waals surface area contributed by atoms with Crippen LogP contribution in [0.2, 0.25) is 0 Å². The molecule has 0 aromatic heterocycles. The first-order valence-corrected chi connectivity index (χ1v) is 7.02. The van der Waals surface area contributed by atoms with Gasteiger partial charge < -0.3 is 16.0 Å². The van der Waals surface area contributed by atoms with Gasteiger partial charge in [0.25, 0.3) is 0 Å². The SMILES string of the molecule is CC(C)N(C)c1cccc(NC(=O)[C@@H](N)C(C)(C)C)c1.Cl.Cl. The van der Waals surface area contributed by atoms with Crippen molar-refractivity contribution in [3.05, 3.63) is 24.3 Å². The van der Waals surface area contributed by atoms with Gasteiger partial charge in [-0.05, 0) is 37.5 Å². The zero-order chi connectivity index (χ0) is 15.5. The van der Waals surface area contributed by atoms with Gasteiger partial charge in [0.15, 0.2) is 0 Å². The van der Waals surface area contributed by atoms with Crippen molar-refractivity contribution in [2.75, 3.05) is 17.3 Å². The lowest BCUT2D eigenvalue weighted by molar-refractivity contribution is -0.119. The molecule has 0 bridgehead atoms. The van der Waals surface area contributed by atoms with Gasteiger partial charge in [0.05, 0.1) is 6.04 Å². The minimum Gasteiger partial charge on any atom is -0.372 e. The Bertz CT molecular complexity index is 473. The van der Waals surface area contributed by atoms with Crippen LogP contribution in [0.1, 0.15) is 34.6 Å². The Morgan fingerprint density at radius 2 is 1.77 bits per heavy atom. The summed E-state index contributed by atoms with van der Waals surface area (Å²) in [6, 6.07) is 7.68. The monoisotopic (exact) mass is 349 g/mol. The molecule has 0 aliphatic heterocycles. The minimum absolute atomic E-state index is 0. The molecule has 1 amide bonds. The smallest absolute Gasteiger partial charge is 0.241 e. The summed E-state index contributed by atoms with van der Waals surface area (Å²) < 4.78 is 0. The van der Waals surface area contributed by atoms with Gasteiger partial charge in [-0.15, -0.1) is 24.8 Å². The summed E-state index contributed by atoms with van der Waals surface area (Å²) in [6.07, 6.45) is 0. The molecule has 0 saturated carbocycles. The summed E-state index contributed by atoms with van der Waals surface area (Å²) in [6.45, 7) is 10.1. The van der Waals surface area contributed by atoms with Crippen molar-refractivity contribution in [1.29, 1.82) is 0 Å². The number of anilines is 2. The predicted molar refractivity (Wildman–Crippen MR) is 101 cm³/mol. The van der Waals surface area contributed by atoms with Crippen LogP contribution in [0.5, 0.6) is 0 Å². The second-order valence-corrected chi connectivity index (χ2v) is 6.59. The Balaban J connectivity index is 0. The molecule has 0 aliphatic carbocycles. The molecule has 22 heavy (non-hydrogen) atoms. The molecular formula is C16H29Cl2N3O. The third-order valence-electron chi connectivity index (χ3n) is 3.51. The molecule has 128 valence electrons. The fourth-order valence-electron chi connectivity index (χ4n) is 1.71. The van der Waals surface area contributed by atoms with E-state index in [4.69, 9.17) is 5.73 Å². The highest BCUT2D eigenvalue weighted by Crippen LogP contribution is 2.22. The van der Waals surface area contributed by atoms with Crippen molar-refractivity contribution < 1.29 is 4.79 Å². The normalized spacial score (nSPS) is 12.0. The lowest BCUT2D eigenvalue weighted by atomic mass is 9.87. The van der Waals surface area contributed by atoms with Crippen molar-refractivity contribution in [2.45, 2.75) is 46.7 Å². The molecule has 6 heteroatoms. The van der Waals surface area contributed by atoms with Crippen molar-refractivity contribution in [3.8, 4) is 0 Å². The Hall–Kier alpha value is -0.970. The molecule has 1 aromatic rings. The summed E-state index contributed by atoms with van der Waals surface area (Å²) in [4.78, 5) is 14.3. The van der Waals surface area contributed by atoms with E-state index in [0.29, 0.717) is 6.04 Å². The fraction of sp³-hybridized carbons (Fsp3) is 0.562. The maximum atomic E-state index is 12.1. The number of amides is 1. The molecule has 0 aliphatic rings. The van der Waals surface area contributed by atoms with E-state index in [1.807, 2.05) is 52.1 Å². The number of carbonyl (C=O) groups excluding carboxylic acids is 1. The summed E-state index contributed by atoms with van der Waals surface area (Å²) >= 11 is 0. The first-order chi connectivity index (χ1) is 9.12. The van der Waals surface area contributed by atoms with E-state index >= 15 is 0 Å². The van der Waals surface area contributed by atoms with Crippen molar-refractivity contribution in [1.82, 2.24) is 0 Å². The lowest BCUT2D eigenvalue weighted by Gasteiger charge is -2.27. The van der Waals surface area contributed by atoms with E-state index in [-0.39, 0.29) is 36.1 Å². The molecule has 1 rings (SSSR count). The summed E-state index contributed by atoms with van der Waals surface area (Å²) in [5.41, 5.74) is 7.56. The Morgan fingerprint density at radius 3 is 2.23 bits per heavy atom. The molecule has 1 aromatic carbocycles. The van der Waals surface area contributed by atoms with Gasteiger partial charge in [0.2, 0.25) is 5.91 Å². The van der Waals surface area contributed by atoms with Crippen LogP contribution in [0.25, 0.3) is 0 Å². The minimum atomic E-state index is -0.533. The van der Waals surface area contributed by atoms with E-state index < -0.39 is 6.04 Å². The first kappa shape index (κ1) is 23.3. The van der Waals surface area contributed by atoms with Gasteiger partial charge in [0.1, 0.15) is 0 Å². The van der Waals surface area contributed by atoms with Crippen molar-refractivity contribution in [3.63, 3.8) is 0 Å². The molecule has 0 fully saturated rings. The van der Waals surface area contributed by atoms with Gasteiger partial charge in [-0.2, -0.15) is 0 Å². The van der Waals surface area contributed by atoms with Gasteiger partial charge in [0, 0.05) is 24.5 Å². The Morgan fingerprint density at radius 1 is 1.23 bits per heavy atom. The van der Waals surface area contributed by atoms with E-state index in [1.165, 1.54) is 0 Å². The standard InChI is InChI=1S/C16H27N3O.2ClH/c1-11(2)19(6)13-9-7-8-12(10-13)18-15(20)14(17)16(3,4)5;;/h7-11,14H,17H2,1-6H3,(H,18,20);2*1H/t14-;;/m1../s1. The third-order valence-corrected chi connectivity index (χ3v) is 3.51. The van der Waals surface area contributed by atoms with Crippen molar-refractivity contribution in [2.24, 2.45) is 11.1 Å². The van der Waals surface area contributed by atoms with Crippen LogP contribution >= 0.6 is 24.8 Å². The van der Waals surface area contributed by atoms with Crippen LogP contribution < -0.4 is 16.0 Å². The first-order valence-electron chi connectivity index (χ1n) is 7.02. The number of nitrogens with zero attached hydrogens (tertiary/aromatic N) is 1. The number of rotatable bonds is 4. The molecule has 1 atom stereocenters. The predicted octanol–water partition coefficient (Wildman–Crippen LogP) is 3.69. The topological polar surface area (TPSA) is 58.4 Å². The second-order valence-electron chi connectivity index (χ2n) is 6.59. The van der Waals surface area contributed by atoms with Crippen LogP contribution in [0, 0.1) is 5.41 Å². The molecule has 0 radical (unpaired) electrons. The number of carbonyl (C=O) groups is 1. The zero-order valence-corrected chi connectivity index (χ0v) is 15.8. The summed E-state index contributed by atoms with van der Waals surface area (Å²) in [5.74, 6) is -0.151. The molecule has 3 N–H and O–H groups in total. The second kappa shape index (κ2) is 9.23. The molecule has 4 nitrogen and oxygen atoms in total. The van der Waals surface area contributed by atoms with Crippen LogP contribution in [-0.2, 0) is 4.79 Å². The van der Waals surface area contributed by atoms with Crippen LogP contribution in [0.4, 0.5) is 11.4 Å². The highest BCUT2D eigenvalue weighted by atomic mass is 35.5. The lowest BCUT2D eigenvalue weighted by Crippen LogP contribution is -2.45. The van der Waals surface area contributed by atoms with Gasteiger partial charge >= 0.3 is 0 Å². The number of hydrogen-bond acceptors (Lipinski definition) is 3. The molecular weight excluding hydrogens is 321 g/mol. The number of hydrogen-bond donors (Lipinski definition) is 2. The number of nitrogens with one attached hydrogen (secondary N) is 1. The zero-order valence-electron chi connectivity index (χ0n) is 14.2. The maximum Gasteiger partial charge on any atom is 0.241 e. The van der Waals surface area contributed by atoms with Gasteiger partial charge in [-0.25, -0.2) is 0 Å². The fourth-order valence-corrected chi connectivity index (χ4v) is 1.71. The van der Waals surface area contributed by atoms with E-state index in [9.17, 15) is 4.79 Å². The molecule has 0 saturated heterocycles. The summed E-state index contributed by atoms with van der Waals surface area (Å²) in [7, 11) is 2.03. The van der Waals surface area contributed by atoms with E-state index in [1.54, 1.807) is 0 Å². The van der Waals surface area contributed by atoms with E-state index in [2.05, 4.69) is 24.1 Å². The third kappa shape index (κ3) is 6.42. The number of halogens is 2. The quantitative estimate of drug-likeness (QED) is 0.871. The highest BCUT2D eigenvalue weighted by molar-refractivity contribution is 5.95. The molecule has 0 unspecified atom stereocenters. The average molecular weight is 350 g/mol. The van der Waals surface area contributed by atoms with Crippen LogP contribution in [0.15, 0.2) is 24.3 Å². The van der Waals surface area contributed by atoms with Gasteiger partial charge in [-0.1, -0.05) is 26.8 Å². The summed E-state index contributed by atoms with van der Waals surface area (Å²) in [5, 5.41) is 2.89. The molecule has 0 heterocycles. The Labute approximate surface area is 146 Å². The number of nitrogens with two attached hydrogens (primary N) is 1. The van der Waals surface area contributed by atoms with Crippen molar-refractivity contribution >= 4 is 42.1 Å². The maximum absolute atomic E-state index is 12.1. The largest absolute Gasteiger partial charge is 0.372 e. The van der Waals surface area contributed by atoms with Crippen LogP contribution in [0.3, 0.4) is 0 Å². The van der Waals surface area contributed by atoms with E-state index in [0.717, 1.165) is 11.4 Å².